The summed E-state index contributed by atoms with van der Waals surface area (Å²) in [4.78, 5) is 17.3. The maximum Gasteiger partial charge on any atom is 0.314 e. The van der Waals surface area contributed by atoms with Gasteiger partial charge in [-0.25, -0.2) is 4.98 Å². The number of carbonyl (C=O) groups is 1. The molecule has 2 rings (SSSR count). The molecule has 0 bridgehead atoms. The van der Waals surface area contributed by atoms with Crippen molar-refractivity contribution in [3.63, 3.8) is 0 Å². The van der Waals surface area contributed by atoms with Crippen molar-refractivity contribution in [3.8, 4) is 10.6 Å². The average Bonchev–Trinajstić information content (AvgIpc) is 2.90. The molecular weight excluding hydrogens is 258 g/mol. The van der Waals surface area contributed by atoms with Gasteiger partial charge in [0.2, 0.25) is 0 Å². The third kappa shape index (κ3) is 3.20. The first-order valence-electron chi connectivity index (χ1n) is 6.44. The Morgan fingerprint density at radius 2 is 2.05 bits per heavy atom. The molecule has 0 saturated heterocycles. The zero-order chi connectivity index (χ0) is 13.7. The fraction of sp³-hybridized carbons (Fsp3) is 0.333. The highest BCUT2D eigenvalue weighted by molar-refractivity contribution is 7.15. The zero-order valence-electron chi connectivity index (χ0n) is 11.1. The Hall–Kier alpha value is -1.68. The van der Waals surface area contributed by atoms with Crippen LogP contribution in [0.25, 0.3) is 10.6 Å². The Morgan fingerprint density at radius 3 is 2.68 bits per heavy atom. The van der Waals surface area contributed by atoms with Gasteiger partial charge in [-0.1, -0.05) is 37.3 Å². The van der Waals surface area contributed by atoms with E-state index >= 15 is 0 Å². The van der Waals surface area contributed by atoms with Gasteiger partial charge in [-0.2, -0.15) is 0 Å². The summed E-state index contributed by atoms with van der Waals surface area (Å²) >= 11 is 1.56. The molecule has 2 aromatic rings. The van der Waals surface area contributed by atoms with Gasteiger partial charge >= 0.3 is 5.97 Å². The number of hydrogen-bond acceptors (Lipinski definition) is 4. The summed E-state index contributed by atoms with van der Waals surface area (Å²) in [5.41, 5.74) is 1.08. The summed E-state index contributed by atoms with van der Waals surface area (Å²) in [7, 11) is 0. The molecule has 4 heteroatoms. The van der Waals surface area contributed by atoms with Crippen molar-refractivity contribution in [2.75, 3.05) is 6.61 Å². The first-order chi connectivity index (χ1) is 9.26. The zero-order valence-corrected chi connectivity index (χ0v) is 11.9. The molecule has 0 aliphatic heterocycles. The Balaban J connectivity index is 2.22. The maximum absolute atomic E-state index is 11.9. The minimum atomic E-state index is -0.199. The molecule has 0 N–H and O–H groups in total. The number of esters is 1. The molecule has 1 unspecified atom stereocenters. The van der Waals surface area contributed by atoms with Crippen molar-refractivity contribution >= 4 is 17.3 Å². The fourth-order valence-corrected chi connectivity index (χ4v) is 2.98. The van der Waals surface area contributed by atoms with E-state index in [0.717, 1.165) is 21.9 Å². The number of benzene rings is 1. The lowest BCUT2D eigenvalue weighted by molar-refractivity contribution is -0.144. The molecule has 1 aromatic heterocycles. The summed E-state index contributed by atoms with van der Waals surface area (Å²) in [6.07, 6.45) is 2.52. The molecule has 100 valence electrons. The van der Waals surface area contributed by atoms with Crippen LogP contribution in [-0.2, 0) is 9.53 Å². The van der Waals surface area contributed by atoms with Gasteiger partial charge in [-0.15, -0.1) is 11.3 Å². The lowest BCUT2D eigenvalue weighted by Gasteiger charge is -2.10. The number of rotatable bonds is 5. The van der Waals surface area contributed by atoms with Crippen LogP contribution >= 0.6 is 11.3 Å². The van der Waals surface area contributed by atoms with Crippen LogP contribution < -0.4 is 0 Å². The van der Waals surface area contributed by atoms with E-state index in [1.807, 2.05) is 44.2 Å². The van der Waals surface area contributed by atoms with E-state index in [4.69, 9.17) is 4.74 Å². The Labute approximate surface area is 117 Å². The van der Waals surface area contributed by atoms with E-state index in [0.29, 0.717) is 6.61 Å². The van der Waals surface area contributed by atoms with Gasteiger partial charge in [0.25, 0.3) is 0 Å². The van der Waals surface area contributed by atoms with Gasteiger partial charge in [0.05, 0.1) is 12.5 Å². The molecular formula is C15H17NO2S. The highest BCUT2D eigenvalue weighted by Gasteiger charge is 2.22. The second-order valence-electron chi connectivity index (χ2n) is 4.15. The van der Waals surface area contributed by atoms with Crippen molar-refractivity contribution in [1.82, 2.24) is 4.98 Å². The molecule has 19 heavy (non-hydrogen) atoms. The molecule has 0 spiro atoms. The number of hydrogen-bond donors (Lipinski definition) is 0. The highest BCUT2D eigenvalue weighted by atomic mass is 32.1. The minimum Gasteiger partial charge on any atom is -0.465 e. The third-order valence-electron chi connectivity index (χ3n) is 2.87. The molecule has 1 atom stereocenters. The second-order valence-corrected chi connectivity index (χ2v) is 5.21. The van der Waals surface area contributed by atoms with Gasteiger partial charge in [0, 0.05) is 16.6 Å². The summed E-state index contributed by atoms with van der Waals surface area (Å²) in [6, 6.07) is 9.99. The van der Waals surface area contributed by atoms with E-state index in [1.165, 1.54) is 0 Å². The number of thiazole rings is 1. The van der Waals surface area contributed by atoms with Crippen LogP contribution in [0.1, 0.15) is 31.1 Å². The number of ether oxygens (including phenoxy) is 1. The Kier molecular flexibility index (Phi) is 4.68. The fourth-order valence-electron chi connectivity index (χ4n) is 1.89. The first kappa shape index (κ1) is 13.7. The van der Waals surface area contributed by atoms with Crippen LogP contribution in [0.4, 0.5) is 0 Å². The molecule has 3 nitrogen and oxygen atoms in total. The average molecular weight is 275 g/mol. The molecule has 0 aliphatic rings. The molecule has 1 heterocycles. The lowest BCUT2D eigenvalue weighted by atomic mass is 10.1. The molecule has 0 fully saturated rings. The SMILES string of the molecule is CCOC(=O)C(CC)c1cnc(-c2ccccc2)s1. The summed E-state index contributed by atoms with van der Waals surface area (Å²) in [5.74, 6) is -0.358. The van der Waals surface area contributed by atoms with E-state index in [9.17, 15) is 4.79 Å². The third-order valence-corrected chi connectivity index (χ3v) is 4.03. The normalized spacial score (nSPS) is 12.1. The predicted octanol–water partition coefficient (Wildman–Crippen LogP) is 3.87. The smallest absolute Gasteiger partial charge is 0.314 e. The monoisotopic (exact) mass is 275 g/mol. The predicted molar refractivity (Wildman–Crippen MR) is 77.2 cm³/mol. The van der Waals surface area contributed by atoms with Crippen molar-refractivity contribution in [3.05, 3.63) is 41.4 Å². The van der Waals surface area contributed by atoms with E-state index in [1.54, 1.807) is 17.5 Å². The summed E-state index contributed by atoms with van der Waals surface area (Å²) in [6.45, 7) is 4.23. The first-order valence-corrected chi connectivity index (χ1v) is 7.25. The van der Waals surface area contributed by atoms with Gasteiger partial charge in [-0.3, -0.25) is 4.79 Å². The van der Waals surface area contributed by atoms with Gasteiger partial charge < -0.3 is 4.74 Å². The summed E-state index contributed by atoms with van der Waals surface area (Å²) in [5, 5.41) is 0.943. The van der Waals surface area contributed by atoms with Crippen molar-refractivity contribution in [2.45, 2.75) is 26.2 Å². The van der Waals surface area contributed by atoms with Crippen LogP contribution in [0.3, 0.4) is 0 Å². The standard InChI is InChI=1S/C15H17NO2S/c1-3-12(15(17)18-4-2)13-10-16-14(19-13)11-8-6-5-7-9-11/h5-10,12H,3-4H2,1-2H3. The van der Waals surface area contributed by atoms with Crippen LogP contribution in [0, 0.1) is 0 Å². The number of aromatic nitrogens is 1. The molecule has 1 aromatic carbocycles. The van der Waals surface area contributed by atoms with Crippen LogP contribution in [-0.4, -0.2) is 17.6 Å². The van der Waals surface area contributed by atoms with E-state index in [2.05, 4.69) is 4.98 Å². The molecule has 0 radical (unpaired) electrons. The van der Waals surface area contributed by atoms with Crippen LogP contribution in [0.15, 0.2) is 36.5 Å². The van der Waals surface area contributed by atoms with Crippen LogP contribution in [0.5, 0.6) is 0 Å². The molecule has 0 amide bonds. The minimum absolute atomic E-state index is 0.159. The van der Waals surface area contributed by atoms with Crippen molar-refractivity contribution in [2.24, 2.45) is 0 Å². The van der Waals surface area contributed by atoms with Crippen molar-refractivity contribution < 1.29 is 9.53 Å². The summed E-state index contributed by atoms with van der Waals surface area (Å²) < 4.78 is 5.10. The number of nitrogens with zero attached hydrogens (tertiary/aromatic N) is 1. The molecule has 0 saturated carbocycles. The van der Waals surface area contributed by atoms with Crippen LogP contribution in [0.2, 0.25) is 0 Å². The second kappa shape index (κ2) is 6.48. The Morgan fingerprint density at radius 1 is 1.32 bits per heavy atom. The van der Waals surface area contributed by atoms with Crippen molar-refractivity contribution in [1.29, 1.82) is 0 Å². The molecule has 0 aliphatic carbocycles. The van der Waals surface area contributed by atoms with Gasteiger partial charge in [0.15, 0.2) is 0 Å². The topological polar surface area (TPSA) is 39.2 Å². The van der Waals surface area contributed by atoms with E-state index < -0.39 is 0 Å². The lowest BCUT2D eigenvalue weighted by Crippen LogP contribution is -2.14. The Bertz CT molecular complexity index is 536. The maximum atomic E-state index is 11.9. The largest absolute Gasteiger partial charge is 0.465 e. The number of carbonyl (C=O) groups excluding carboxylic acids is 1. The van der Waals surface area contributed by atoms with Gasteiger partial charge in [0.1, 0.15) is 5.01 Å². The van der Waals surface area contributed by atoms with E-state index in [-0.39, 0.29) is 11.9 Å². The quantitative estimate of drug-likeness (QED) is 0.778. The van der Waals surface area contributed by atoms with Gasteiger partial charge in [-0.05, 0) is 13.3 Å². The highest BCUT2D eigenvalue weighted by Crippen LogP contribution is 2.31.